The number of nitrogens with zero attached hydrogens (tertiary/aromatic N) is 2. The van der Waals surface area contributed by atoms with E-state index in [0.29, 0.717) is 45.9 Å². The van der Waals surface area contributed by atoms with E-state index in [-0.39, 0.29) is 35.7 Å². The standard InChI is InChI=1S/C38H36Br2N2O4/c1-5-9-11-19(7-3)41-35(43)23-15-13-21-32-28(40)18-26-30-24(36(44)42(38(26)46)20(8-4)12-10-6-2)16-14-22(34(30)32)31-27(39)17-25(37(41)45)29(23)33(21)31/h13-20H,5-12H2,1-4H3. The number of carbonyl (C=O) groups excluding carboxylic acids is 4. The van der Waals surface area contributed by atoms with Crippen molar-refractivity contribution < 1.29 is 19.2 Å². The van der Waals surface area contributed by atoms with Crippen LogP contribution in [0.5, 0.6) is 0 Å². The number of hydrogen-bond donors (Lipinski definition) is 0. The van der Waals surface area contributed by atoms with E-state index in [1.54, 1.807) is 0 Å². The van der Waals surface area contributed by atoms with E-state index < -0.39 is 0 Å². The van der Waals surface area contributed by atoms with Gasteiger partial charge in [-0.2, -0.15) is 0 Å². The van der Waals surface area contributed by atoms with Crippen LogP contribution < -0.4 is 0 Å². The Bertz CT molecular complexity index is 1990. The van der Waals surface area contributed by atoms with E-state index in [1.165, 1.54) is 9.80 Å². The monoisotopic (exact) mass is 742 g/mol. The summed E-state index contributed by atoms with van der Waals surface area (Å²) in [5.41, 5.74) is 2.09. The molecule has 2 atom stereocenters. The number of amides is 4. The van der Waals surface area contributed by atoms with E-state index in [0.717, 1.165) is 79.8 Å². The summed E-state index contributed by atoms with van der Waals surface area (Å²) in [7, 11) is 0. The third-order valence-corrected chi connectivity index (χ3v) is 11.5. The summed E-state index contributed by atoms with van der Waals surface area (Å²) < 4.78 is 1.47. The summed E-state index contributed by atoms with van der Waals surface area (Å²) in [6.45, 7) is 8.29. The van der Waals surface area contributed by atoms with Crippen molar-refractivity contribution >= 4 is 98.6 Å². The molecule has 0 radical (unpaired) electrons. The van der Waals surface area contributed by atoms with Gasteiger partial charge in [-0.1, -0.05) is 97.4 Å². The van der Waals surface area contributed by atoms with Crippen molar-refractivity contribution in [2.75, 3.05) is 0 Å². The van der Waals surface area contributed by atoms with Gasteiger partial charge >= 0.3 is 0 Å². The van der Waals surface area contributed by atoms with Crippen molar-refractivity contribution in [1.82, 2.24) is 9.80 Å². The zero-order valence-corrected chi connectivity index (χ0v) is 29.7. The number of fused-ring (bicyclic) bond motifs is 2. The normalized spacial score (nSPS) is 16.2. The van der Waals surface area contributed by atoms with Gasteiger partial charge < -0.3 is 0 Å². The third kappa shape index (κ3) is 4.25. The molecule has 5 aromatic rings. The van der Waals surface area contributed by atoms with Crippen LogP contribution in [-0.4, -0.2) is 45.5 Å². The molecule has 8 heteroatoms. The maximum atomic E-state index is 14.1. The summed E-state index contributed by atoms with van der Waals surface area (Å²) >= 11 is 7.65. The first-order valence-electron chi connectivity index (χ1n) is 16.5. The van der Waals surface area contributed by atoms with Gasteiger partial charge in [-0.15, -0.1) is 0 Å². The Hall–Kier alpha value is -3.36. The minimum atomic E-state index is -0.259. The number of imide groups is 2. The number of benzene rings is 5. The second-order valence-electron chi connectivity index (χ2n) is 12.8. The van der Waals surface area contributed by atoms with Crippen LogP contribution in [-0.2, 0) is 0 Å². The summed E-state index contributed by atoms with van der Waals surface area (Å²) in [4.78, 5) is 59.4. The summed E-state index contributed by atoms with van der Waals surface area (Å²) in [6, 6.07) is 11.0. The fourth-order valence-electron chi connectivity index (χ4n) is 7.98. The lowest BCUT2D eigenvalue weighted by atomic mass is 9.81. The van der Waals surface area contributed by atoms with Crippen molar-refractivity contribution in [3.8, 4) is 0 Å². The van der Waals surface area contributed by atoms with Gasteiger partial charge in [0.25, 0.3) is 23.6 Å². The zero-order valence-electron chi connectivity index (χ0n) is 26.6. The molecule has 0 saturated carbocycles. The van der Waals surface area contributed by atoms with Crippen LogP contribution in [0.25, 0.3) is 43.1 Å². The highest BCUT2D eigenvalue weighted by molar-refractivity contribution is 9.11. The Morgan fingerprint density at radius 1 is 0.522 bits per heavy atom. The first kappa shape index (κ1) is 31.3. The fraction of sp³-hybridized carbons (Fsp3) is 0.368. The third-order valence-electron chi connectivity index (χ3n) is 10.3. The van der Waals surface area contributed by atoms with Crippen LogP contribution in [0.3, 0.4) is 0 Å². The van der Waals surface area contributed by atoms with E-state index in [2.05, 4.69) is 45.7 Å². The molecular formula is C38H36Br2N2O4. The molecule has 2 heterocycles. The second-order valence-corrected chi connectivity index (χ2v) is 14.5. The molecule has 7 rings (SSSR count). The van der Waals surface area contributed by atoms with Crippen LogP contribution >= 0.6 is 31.9 Å². The minimum Gasteiger partial charge on any atom is -0.271 e. The smallest absolute Gasteiger partial charge is 0.261 e. The molecule has 0 spiro atoms. The molecule has 6 nitrogen and oxygen atoms in total. The highest BCUT2D eigenvalue weighted by atomic mass is 79.9. The van der Waals surface area contributed by atoms with Crippen molar-refractivity contribution in [2.24, 2.45) is 0 Å². The Morgan fingerprint density at radius 2 is 0.891 bits per heavy atom. The predicted octanol–water partition coefficient (Wildman–Crippen LogP) is 10.4. The molecule has 0 fully saturated rings. The molecule has 0 N–H and O–H groups in total. The van der Waals surface area contributed by atoms with Crippen LogP contribution in [0.1, 0.15) is 120 Å². The number of halogens is 2. The zero-order chi connectivity index (χ0) is 32.6. The molecule has 46 heavy (non-hydrogen) atoms. The number of carbonyl (C=O) groups is 4. The van der Waals surface area contributed by atoms with Crippen molar-refractivity contribution in [3.05, 3.63) is 67.6 Å². The largest absolute Gasteiger partial charge is 0.271 e. The molecule has 0 aromatic heterocycles. The lowest BCUT2D eigenvalue weighted by Crippen LogP contribution is -2.47. The van der Waals surface area contributed by atoms with E-state index in [4.69, 9.17) is 0 Å². The van der Waals surface area contributed by atoms with Gasteiger partial charge in [-0.25, -0.2) is 0 Å². The van der Waals surface area contributed by atoms with Gasteiger partial charge in [0.05, 0.1) is 0 Å². The van der Waals surface area contributed by atoms with Crippen LogP contribution in [0.15, 0.2) is 45.3 Å². The van der Waals surface area contributed by atoms with E-state index >= 15 is 0 Å². The molecule has 0 aliphatic carbocycles. The molecule has 2 unspecified atom stereocenters. The van der Waals surface area contributed by atoms with Crippen molar-refractivity contribution in [1.29, 1.82) is 0 Å². The summed E-state index contributed by atoms with van der Waals surface area (Å²) in [5, 5.41) is 6.46. The molecule has 2 aliphatic heterocycles. The van der Waals surface area contributed by atoms with Crippen LogP contribution in [0.4, 0.5) is 0 Å². The average molecular weight is 745 g/mol. The van der Waals surface area contributed by atoms with Crippen LogP contribution in [0.2, 0.25) is 0 Å². The molecule has 0 saturated heterocycles. The van der Waals surface area contributed by atoms with E-state index in [9.17, 15) is 19.2 Å². The van der Waals surface area contributed by atoms with Crippen molar-refractivity contribution in [3.63, 3.8) is 0 Å². The highest BCUT2D eigenvalue weighted by Crippen LogP contribution is 2.50. The molecule has 2 aliphatic rings. The van der Waals surface area contributed by atoms with Gasteiger partial charge in [0.15, 0.2) is 0 Å². The molecule has 5 aromatic carbocycles. The Kier molecular flexibility index (Phi) is 7.95. The van der Waals surface area contributed by atoms with Gasteiger partial charge in [-0.3, -0.25) is 29.0 Å². The molecule has 0 bridgehead atoms. The van der Waals surface area contributed by atoms with E-state index in [1.807, 2.05) is 50.2 Å². The Balaban J connectivity index is 1.52. The van der Waals surface area contributed by atoms with Gasteiger partial charge in [0.1, 0.15) is 0 Å². The summed E-state index contributed by atoms with van der Waals surface area (Å²) in [6.07, 6.45) is 6.83. The molecular weight excluding hydrogens is 708 g/mol. The summed E-state index contributed by atoms with van der Waals surface area (Å²) in [5.74, 6) is -1.02. The van der Waals surface area contributed by atoms with Crippen molar-refractivity contribution in [2.45, 2.75) is 91.1 Å². The highest BCUT2D eigenvalue weighted by Gasteiger charge is 2.41. The first-order valence-corrected chi connectivity index (χ1v) is 18.1. The minimum absolute atomic E-state index is 0.163. The number of hydrogen-bond acceptors (Lipinski definition) is 4. The maximum Gasteiger partial charge on any atom is 0.261 e. The van der Waals surface area contributed by atoms with Gasteiger partial charge in [0.2, 0.25) is 0 Å². The Labute approximate surface area is 285 Å². The number of unbranched alkanes of at least 4 members (excludes halogenated alkanes) is 2. The first-order chi connectivity index (χ1) is 22.2. The second kappa shape index (κ2) is 11.7. The average Bonchev–Trinajstić information content (AvgIpc) is 3.05. The molecule has 236 valence electrons. The van der Waals surface area contributed by atoms with Gasteiger partial charge in [-0.05, 0) is 60.7 Å². The number of rotatable bonds is 10. The lowest BCUT2D eigenvalue weighted by molar-refractivity contribution is 0.0508. The SMILES string of the molecule is CCCCC(CC)N1C(=O)c2ccc3c4c(Br)cc5c6c(ccc(c7c(Br)cc(c2c37)C1=O)c64)C(=O)N(C(CC)CCCC)C5=O. The lowest BCUT2D eigenvalue weighted by Gasteiger charge is -2.35. The quantitative estimate of drug-likeness (QED) is 0.0811. The fourth-order valence-corrected chi connectivity index (χ4v) is 9.26. The topological polar surface area (TPSA) is 74.8 Å². The maximum absolute atomic E-state index is 14.1. The Morgan fingerprint density at radius 3 is 1.24 bits per heavy atom. The predicted molar refractivity (Wildman–Crippen MR) is 191 cm³/mol. The van der Waals surface area contributed by atoms with Crippen LogP contribution in [0, 0.1) is 0 Å². The molecule has 4 amide bonds. The van der Waals surface area contributed by atoms with Gasteiger partial charge in [0, 0.05) is 75.6 Å².